The van der Waals surface area contributed by atoms with Crippen molar-refractivity contribution >= 4 is 27.3 Å². The minimum absolute atomic E-state index is 0.0328. The summed E-state index contributed by atoms with van der Waals surface area (Å²) in [4.78, 5) is 22.2. The predicted molar refractivity (Wildman–Crippen MR) is 106 cm³/mol. The number of benzene rings is 2. The van der Waals surface area contributed by atoms with Gasteiger partial charge in [-0.1, -0.05) is 30.3 Å². The van der Waals surface area contributed by atoms with Crippen LogP contribution >= 0.6 is 11.3 Å². The lowest BCUT2D eigenvalue weighted by Gasteiger charge is -2.11. The summed E-state index contributed by atoms with van der Waals surface area (Å²) in [6, 6.07) is 17.2. The zero-order valence-corrected chi connectivity index (χ0v) is 15.6. The van der Waals surface area contributed by atoms with E-state index in [1.807, 2.05) is 24.3 Å². The van der Waals surface area contributed by atoms with Gasteiger partial charge in [0.25, 0.3) is 0 Å². The van der Waals surface area contributed by atoms with E-state index in [9.17, 15) is 4.79 Å². The molecule has 0 aliphatic carbocycles. The summed E-state index contributed by atoms with van der Waals surface area (Å²) < 4.78 is 11.4. The molecule has 2 aromatic carbocycles. The number of carbonyl (C=O) groups is 1. The molecule has 134 valence electrons. The van der Waals surface area contributed by atoms with Crippen LogP contribution in [0.3, 0.4) is 0 Å². The second-order valence-electron chi connectivity index (χ2n) is 5.90. The first-order chi connectivity index (χ1) is 13.2. The van der Waals surface area contributed by atoms with Crippen LogP contribution in [0.4, 0.5) is 0 Å². The SMILES string of the molecule is COc1cc(C(C)=O)ccc1Oc1ncnc2sc(-c3ccccc3)cc12. The van der Waals surface area contributed by atoms with Gasteiger partial charge >= 0.3 is 0 Å². The first kappa shape index (κ1) is 17.2. The molecule has 6 heteroatoms. The van der Waals surface area contributed by atoms with Crippen LogP contribution in [0.1, 0.15) is 17.3 Å². The Morgan fingerprint density at radius 2 is 1.81 bits per heavy atom. The number of ether oxygens (including phenoxy) is 2. The van der Waals surface area contributed by atoms with Crippen LogP contribution in [-0.2, 0) is 0 Å². The molecular weight excluding hydrogens is 360 g/mol. The Labute approximate surface area is 160 Å². The fourth-order valence-corrected chi connectivity index (χ4v) is 3.73. The molecule has 2 aromatic heterocycles. The lowest BCUT2D eigenvalue weighted by molar-refractivity contribution is 0.101. The van der Waals surface area contributed by atoms with E-state index in [0.717, 1.165) is 20.7 Å². The van der Waals surface area contributed by atoms with E-state index in [-0.39, 0.29) is 5.78 Å². The molecule has 0 fully saturated rings. The molecule has 0 saturated heterocycles. The molecule has 0 N–H and O–H groups in total. The van der Waals surface area contributed by atoms with Gasteiger partial charge in [-0.2, -0.15) is 0 Å². The number of Topliss-reactive ketones (excluding diaryl/α,β-unsaturated/α-hetero) is 1. The van der Waals surface area contributed by atoms with Crippen molar-refractivity contribution in [2.24, 2.45) is 0 Å². The van der Waals surface area contributed by atoms with Gasteiger partial charge in [-0.05, 0) is 36.8 Å². The second-order valence-corrected chi connectivity index (χ2v) is 6.93. The highest BCUT2D eigenvalue weighted by molar-refractivity contribution is 7.21. The number of rotatable bonds is 5. The first-order valence-electron chi connectivity index (χ1n) is 8.32. The summed E-state index contributed by atoms with van der Waals surface area (Å²) in [5, 5.41) is 0.832. The van der Waals surface area contributed by atoms with Gasteiger partial charge in [-0.3, -0.25) is 4.79 Å². The van der Waals surface area contributed by atoms with E-state index < -0.39 is 0 Å². The van der Waals surface area contributed by atoms with Gasteiger partial charge < -0.3 is 9.47 Å². The second kappa shape index (κ2) is 7.17. The van der Waals surface area contributed by atoms with Crippen LogP contribution < -0.4 is 9.47 Å². The van der Waals surface area contributed by atoms with Gasteiger partial charge in [0.05, 0.1) is 12.5 Å². The molecule has 0 amide bonds. The molecule has 0 bridgehead atoms. The molecule has 0 aliphatic rings. The number of carbonyl (C=O) groups excluding carboxylic acids is 1. The zero-order valence-electron chi connectivity index (χ0n) is 14.8. The normalized spacial score (nSPS) is 10.7. The lowest BCUT2D eigenvalue weighted by Crippen LogP contribution is -1.97. The molecule has 27 heavy (non-hydrogen) atoms. The number of hydrogen-bond acceptors (Lipinski definition) is 6. The smallest absolute Gasteiger partial charge is 0.231 e. The number of hydrogen-bond donors (Lipinski definition) is 0. The largest absolute Gasteiger partial charge is 0.493 e. The number of ketones is 1. The Morgan fingerprint density at radius 1 is 1.00 bits per heavy atom. The number of nitrogens with zero attached hydrogens (tertiary/aromatic N) is 2. The molecule has 0 saturated carbocycles. The van der Waals surface area contributed by atoms with E-state index in [4.69, 9.17) is 9.47 Å². The number of methoxy groups -OCH3 is 1. The monoisotopic (exact) mass is 376 g/mol. The van der Waals surface area contributed by atoms with Crippen molar-refractivity contribution in [3.8, 4) is 27.8 Å². The average Bonchev–Trinajstić information content (AvgIpc) is 3.14. The topological polar surface area (TPSA) is 61.3 Å². The van der Waals surface area contributed by atoms with Crippen molar-refractivity contribution in [3.05, 3.63) is 66.5 Å². The van der Waals surface area contributed by atoms with E-state index in [1.54, 1.807) is 36.6 Å². The van der Waals surface area contributed by atoms with Crippen molar-refractivity contribution < 1.29 is 14.3 Å². The Kier molecular flexibility index (Phi) is 4.56. The Morgan fingerprint density at radius 3 is 2.56 bits per heavy atom. The standard InChI is InChI=1S/C21H16N2O3S/c1-13(24)15-8-9-17(18(10-15)25-2)26-20-16-11-19(14-6-4-3-5-7-14)27-21(16)23-12-22-20/h3-12H,1-2H3. The van der Waals surface area contributed by atoms with Gasteiger partial charge in [0.15, 0.2) is 17.3 Å². The first-order valence-corrected chi connectivity index (χ1v) is 9.14. The van der Waals surface area contributed by atoms with Crippen LogP contribution in [0.5, 0.6) is 17.4 Å². The molecule has 0 atom stereocenters. The maximum absolute atomic E-state index is 11.6. The van der Waals surface area contributed by atoms with Crippen molar-refractivity contribution in [2.45, 2.75) is 6.92 Å². The molecule has 5 nitrogen and oxygen atoms in total. The number of aromatic nitrogens is 2. The van der Waals surface area contributed by atoms with Gasteiger partial charge in [-0.15, -0.1) is 11.3 Å². The fourth-order valence-electron chi connectivity index (χ4n) is 2.73. The summed E-state index contributed by atoms with van der Waals surface area (Å²) in [5.74, 6) is 1.39. The summed E-state index contributed by atoms with van der Waals surface area (Å²) in [5.41, 5.74) is 1.68. The van der Waals surface area contributed by atoms with Crippen molar-refractivity contribution in [3.63, 3.8) is 0 Å². The molecule has 4 rings (SSSR count). The van der Waals surface area contributed by atoms with E-state index in [2.05, 4.69) is 22.1 Å². The third-order valence-corrected chi connectivity index (χ3v) is 5.22. The highest BCUT2D eigenvalue weighted by Crippen LogP contribution is 2.39. The molecule has 2 heterocycles. The quantitative estimate of drug-likeness (QED) is 0.439. The van der Waals surface area contributed by atoms with E-state index >= 15 is 0 Å². The molecule has 0 unspecified atom stereocenters. The molecule has 0 aliphatic heterocycles. The minimum Gasteiger partial charge on any atom is -0.493 e. The van der Waals surface area contributed by atoms with Gasteiger partial charge in [-0.25, -0.2) is 9.97 Å². The summed E-state index contributed by atoms with van der Waals surface area (Å²) >= 11 is 1.58. The summed E-state index contributed by atoms with van der Waals surface area (Å²) in [6.45, 7) is 1.51. The number of fused-ring (bicyclic) bond motifs is 1. The van der Waals surface area contributed by atoms with Crippen LogP contribution in [0.2, 0.25) is 0 Å². The summed E-state index contributed by atoms with van der Waals surface area (Å²) in [6.07, 6.45) is 1.49. The third-order valence-electron chi connectivity index (χ3n) is 4.13. The van der Waals surface area contributed by atoms with Crippen molar-refractivity contribution in [1.82, 2.24) is 9.97 Å². The molecule has 4 aromatic rings. The fraction of sp³-hybridized carbons (Fsp3) is 0.0952. The lowest BCUT2D eigenvalue weighted by atomic mass is 10.1. The Balaban J connectivity index is 1.74. The highest BCUT2D eigenvalue weighted by Gasteiger charge is 2.15. The molecule has 0 radical (unpaired) electrons. The predicted octanol–water partition coefficient (Wildman–Crippen LogP) is 5.36. The van der Waals surface area contributed by atoms with Gasteiger partial charge in [0.1, 0.15) is 11.2 Å². The molecule has 0 spiro atoms. The zero-order chi connectivity index (χ0) is 18.8. The van der Waals surface area contributed by atoms with Crippen LogP contribution in [0, 0.1) is 0 Å². The Bertz CT molecular complexity index is 1120. The van der Waals surface area contributed by atoms with Crippen LogP contribution in [0.15, 0.2) is 60.9 Å². The van der Waals surface area contributed by atoms with E-state index in [0.29, 0.717) is 22.9 Å². The van der Waals surface area contributed by atoms with Crippen LogP contribution in [-0.4, -0.2) is 22.9 Å². The molecular formula is C21H16N2O3S. The minimum atomic E-state index is -0.0328. The maximum atomic E-state index is 11.6. The summed E-state index contributed by atoms with van der Waals surface area (Å²) in [7, 11) is 1.54. The highest BCUT2D eigenvalue weighted by atomic mass is 32.1. The van der Waals surface area contributed by atoms with Crippen molar-refractivity contribution in [1.29, 1.82) is 0 Å². The van der Waals surface area contributed by atoms with Crippen LogP contribution in [0.25, 0.3) is 20.7 Å². The Hall–Kier alpha value is -3.25. The average molecular weight is 376 g/mol. The number of thiophene rings is 1. The van der Waals surface area contributed by atoms with E-state index in [1.165, 1.54) is 13.3 Å². The maximum Gasteiger partial charge on any atom is 0.231 e. The van der Waals surface area contributed by atoms with Gasteiger partial charge in [0, 0.05) is 10.4 Å². The van der Waals surface area contributed by atoms with Gasteiger partial charge in [0.2, 0.25) is 5.88 Å². The van der Waals surface area contributed by atoms with Crippen molar-refractivity contribution in [2.75, 3.05) is 7.11 Å². The third kappa shape index (κ3) is 3.39.